The summed E-state index contributed by atoms with van der Waals surface area (Å²) in [6, 6.07) is 9.00. The van der Waals surface area contributed by atoms with Crippen LogP contribution in [0.15, 0.2) is 40.9 Å². The topological polar surface area (TPSA) is 123 Å². The molecule has 108 valence electrons. The summed E-state index contributed by atoms with van der Waals surface area (Å²) in [7, 11) is 0. The number of hydrazine groups is 1. The van der Waals surface area contributed by atoms with Gasteiger partial charge in [-0.2, -0.15) is 0 Å². The maximum absolute atomic E-state index is 12.0. The third-order valence-corrected chi connectivity index (χ3v) is 3.20. The highest BCUT2D eigenvalue weighted by molar-refractivity contribution is 9.10. The number of nitrogen functional groups attached to an aromatic ring is 1. The monoisotopic (exact) mass is 351 g/mol. The SMILES string of the molecule is NNc1cccc(C(=O)Nc2ccc(Br)c([N+](=O)[O-])c2)n1. The van der Waals surface area contributed by atoms with Crippen LogP contribution in [0.1, 0.15) is 10.5 Å². The van der Waals surface area contributed by atoms with E-state index < -0.39 is 10.8 Å². The summed E-state index contributed by atoms with van der Waals surface area (Å²) < 4.78 is 0.331. The molecule has 0 fully saturated rings. The number of carbonyl (C=O) groups excluding carboxylic acids is 1. The first-order valence-corrected chi connectivity index (χ1v) is 6.49. The molecule has 1 aromatic carbocycles. The van der Waals surface area contributed by atoms with E-state index >= 15 is 0 Å². The summed E-state index contributed by atoms with van der Waals surface area (Å²) in [5.41, 5.74) is 2.62. The van der Waals surface area contributed by atoms with E-state index in [9.17, 15) is 14.9 Å². The predicted molar refractivity (Wildman–Crippen MR) is 80.8 cm³/mol. The fraction of sp³-hybridized carbons (Fsp3) is 0. The highest BCUT2D eigenvalue weighted by Gasteiger charge is 2.14. The maximum atomic E-state index is 12.0. The van der Waals surface area contributed by atoms with Gasteiger partial charge in [0.25, 0.3) is 11.6 Å². The molecule has 2 rings (SSSR count). The normalized spacial score (nSPS) is 10.0. The molecule has 21 heavy (non-hydrogen) atoms. The van der Waals surface area contributed by atoms with Crippen molar-refractivity contribution in [2.24, 2.45) is 5.84 Å². The van der Waals surface area contributed by atoms with Gasteiger partial charge in [0.15, 0.2) is 0 Å². The number of rotatable bonds is 4. The number of hydrogen-bond acceptors (Lipinski definition) is 6. The van der Waals surface area contributed by atoms with Crippen molar-refractivity contribution in [3.05, 3.63) is 56.7 Å². The molecule has 0 unspecified atom stereocenters. The number of carbonyl (C=O) groups is 1. The number of halogens is 1. The van der Waals surface area contributed by atoms with Crippen molar-refractivity contribution in [3.63, 3.8) is 0 Å². The van der Waals surface area contributed by atoms with E-state index in [0.29, 0.717) is 16.0 Å². The van der Waals surface area contributed by atoms with Gasteiger partial charge in [0.05, 0.1) is 9.40 Å². The Balaban J connectivity index is 2.23. The summed E-state index contributed by atoms with van der Waals surface area (Å²) in [5, 5.41) is 13.4. The van der Waals surface area contributed by atoms with Gasteiger partial charge < -0.3 is 10.7 Å². The maximum Gasteiger partial charge on any atom is 0.285 e. The molecule has 4 N–H and O–H groups in total. The fourth-order valence-corrected chi connectivity index (χ4v) is 1.96. The van der Waals surface area contributed by atoms with Gasteiger partial charge in [-0.1, -0.05) is 6.07 Å². The van der Waals surface area contributed by atoms with Gasteiger partial charge in [-0.3, -0.25) is 14.9 Å². The zero-order valence-electron chi connectivity index (χ0n) is 10.5. The molecule has 0 radical (unpaired) electrons. The Morgan fingerprint density at radius 2 is 2.10 bits per heavy atom. The van der Waals surface area contributed by atoms with E-state index in [1.54, 1.807) is 18.2 Å². The average Bonchev–Trinajstić information content (AvgIpc) is 2.49. The number of nitrogens with one attached hydrogen (secondary N) is 2. The van der Waals surface area contributed by atoms with E-state index in [4.69, 9.17) is 5.84 Å². The highest BCUT2D eigenvalue weighted by Crippen LogP contribution is 2.27. The lowest BCUT2D eigenvalue weighted by atomic mass is 10.2. The molecule has 9 heteroatoms. The van der Waals surface area contributed by atoms with E-state index in [1.807, 2.05) is 0 Å². The largest absolute Gasteiger partial charge is 0.320 e. The van der Waals surface area contributed by atoms with Crippen molar-refractivity contribution in [2.45, 2.75) is 0 Å². The van der Waals surface area contributed by atoms with Gasteiger partial charge in [0, 0.05) is 11.8 Å². The minimum Gasteiger partial charge on any atom is -0.320 e. The predicted octanol–water partition coefficient (Wildman–Crippen LogP) is 2.29. The van der Waals surface area contributed by atoms with Crippen molar-refractivity contribution in [1.29, 1.82) is 0 Å². The van der Waals surface area contributed by atoms with Crippen LogP contribution in [-0.4, -0.2) is 15.8 Å². The second-order valence-electron chi connectivity index (χ2n) is 3.93. The molecule has 0 spiro atoms. The van der Waals surface area contributed by atoms with Crippen molar-refractivity contribution in [2.75, 3.05) is 10.7 Å². The highest BCUT2D eigenvalue weighted by atomic mass is 79.9. The zero-order valence-corrected chi connectivity index (χ0v) is 12.1. The van der Waals surface area contributed by atoms with Crippen LogP contribution in [-0.2, 0) is 0 Å². The van der Waals surface area contributed by atoms with Gasteiger partial charge in [-0.15, -0.1) is 0 Å². The number of nitrogens with zero attached hydrogens (tertiary/aromatic N) is 2. The van der Waals surface area contributed by atoms with Crippen LogP contribution in [0.25, 0.3) is 0 Å². The first-order chi connectivity index (χ1) is 10.0. The van der Waals surface area contributed by atoms with Crippen molar-refractivity contribution >= 4 is 39.0 Å². The summed E-state index contributed by atoms with van der Waals surface area (Å²) in [6.07, 6.45) is 0. The van der Waals surface area contributed by atoms with Gasteiger partial charge in [-0.25, -0.2) is 10.8 Å². The number of nitro groups is 1. The number of anilines is 2. The number of pyridine rings is 1. The Morgan fingerprint density at radius 1 is 1.33 bits per heavy atom. The van der Waals surface area contributed by atoms with Crippen LogP contribution in [0, 0.1) is 10.1 Å². The number of aromatic nitrogens is 1. The molecule has 0 atom stereocenters. The molecule has 8 nitrogen and oxygen atoms in total. The number of nitro benzene ring substituents is 1. The van der Waals surface area contributed by atoms with Crippen LogP contribution in [0.2, 0.25) is 0 Å². The zero-order chi connectivity index (χ0) is 15.4. The Morgan fingerprint density at radius 3 is 2.76 bits per heavy atom. The fourth-order valence-electron chi connectivity index (χ4n) is 1.57. The van der Waals surface area contributed by atoms with Crippen LogP contribution >= 0.6 is 15.9 Å². The van der Waals surface area contributed by atoms with E-state index in [1.165, 1.54) is 18.2 Å². The Labute approximate surface area is 127 Å². The van der Waals surface area contributed by atoms with E-state index in [-0.39, 0.29) is 11.4 Å². The second kappa shape index (κ2) is 6.29. The minimum atomic E-state index is -0.545. The lowest BCUT2D eigenvalue weighted by molar-refractivity contribution is -0.385. The van der Waals surface area contributed by atoms with Crippen molar-refractivity contribution in [3.8, 4) is 0 Å². The molecular formula is C12H10BrN5O3. The molecule has 0 saturated heterocycles. The number of nitrogens with two attached hydrogens (primary N) is 1. The van der Waals surface area contributed by atoms with Gasteiger partial charge in [0.1, 0.15) is 11.5 Å². The van der Waals surface area contributed by atoms with Crippen LogP contribution in [0.5, 0.6) is 0 Å². The van der Waals surface area contributed by atoms with E-state index in [0.717, 1.165) is 0 Å². The quantitative estimate of drug-likeness (QED) is 0.441. The number of hydrogen-bond donors (Lipinski definition) is 3. The molecule has 0 aliphatic rings. The molecular weight excluding hydrogens is 342 g/mol. The van der Waals surface area contributed by atoms with E-state index in [2.05, 4.69) is 31.7 Å². The summed E-state index contributed by atoms with van der Waals surface area (Å²) in [5.74, 6) is 5.06. The summed E-state index contributed by atoms with van der Waals surface area (Å²) in [6.45, 7) is 0. The molecule has 1 aromatic heterocycles. The van der Waals surface area contributed by atoms with Crippen LogP contribution < -0.4 is 16.6 Å². The average molecular weight is 352 g/mol. The minimum absolute atomic E-state index is 0.135. The number of amides is 1. The van der Waals surface area contributed by atoms with Gasteiger partial charge >= 0.3 is 0 Å². The standard InChI is InChI=1S/C12H10BrN5O3/c13-8-5-4-7(6-10(8)18(20)21)15-12(19)9-2-1-3-11(16-9)17-14/h1-6H,14H2,(H,15,19)(H,16,17). The van der Waals surface area contributed by atoms with Crippen molar-refractivity contribution in [1.82, 2.24) is 4.98 Å². The first kappa shape index (κ1) is 14.9. The lowest BCUT2D eigenvalue weighted by Crippen LogP contribution is -2.16. The second-order valence-corrected chi connectivity index (χ2v) is 4.78. The Kier molecular flexibility index (Phi) is 4.45. The van der Waals surface area contributed by atoms with Gasteiger partial charge in [0.2, 0.25) is 0 Å². The summed E-state index contributed by atoms with van der Waals surface area (Å²) in [4.78, 5) is 26.3. The smallest absolute Gasteiger partial charge is 0.285 e. The molecule has 0 aliphatic heterocycles. The first-order valence-electron chi connectivity index (χ1n) is 5.70. The third-order valence-electron chi connectivity index (χ3n) is 2.53. The Bertz CT molecular complexity index is 707. The summed E-state index contributed by atoms with van der Waals surface area (Å²) >= 11 is 3.07. The molecule has 2 aromatic rings. The Hall–Kier alpha value is -2.52. The van der Waals surface area contributed by atoms with Crippen LogP contribution in [0.4, 0.5) is 17.2 Å². The molecule has 0 aliphatic carbocycles. The molecule has 0 saturated carbocycles. The molecule has 1 amide bonds. The van der Waals surface area contributed by atoms with Gasteiger partial charge in [-0.05, 0) is 40.2 Å². The molecule has 1 heterocycles. The third kappa shape index (κ3) is 3.52. The lowest BCUT2D eigenvalue weighted by Gasteiger charge is -2.06. The van der Waals surface area contributed by atoms with Crippen LogP contribution in [0.3, 0.4) is 0 Å². The number of benzene rings is 1. The van der Waals surface area contributed by atoms with Crippen molar-refractivity contribution < 1.29 is 9.72 Å². The molecule has 0 bridgehead atoms.